The number of aliphatic hydroxyl groups excluding tert-OH is 1. The van der Waals surface area contributed by atoms with Crippen LogP contribution in [-0.4, -0.2) is 101 Å². The Morgan fingerprint density at radius 3 is 2.15 bits per heavy atom. The largest absolute Gasteiger partial charge is 0.497 e. The van der Waals surface area contributed by atoms with Crippen LogP contribution in [0.3, 0.4) is 0 Å². The number of rotatable bonds is 24. The highest BCUT2D eigenvalue weighted by Gasteiger charge is 2.55. The van der Waals surface area contributed by atoms with Crippen LogP contribution in [0, 0.1) is 5.41 Å². The highest BCUT2D eigenvalue weighted by atomic mass is 28.4. The van der Waals surface area contributed by atoms with Gasteiger partial charge in [-0.1, -0.05) is 114 Å². The lowest BCUT2D eigenvalue weighted by molar-refractivity contribution is -0.285. The van der Waals surface area contributed by atoms with Crippen molar-refractivity contribution >= 4 is 14.1 Å². The van der Waals surface area contributed by atoms with Gasteiger partial charge in [-0.25, -0.2) is 0 Å². The third kappa shape index (κ3) is 15.2. The molecule has 3 heterocycles. The Bertz CT molecular complexity index is 1860. The Labute approximate surface area is 397 Å². The summed E-state index contributed by atoms with van der Waals surface area (Å²) in [6.07, 6.45) is 8.78. The van der Waals surface area contributed by atoms with E-state index in [4.69, 9.17) is 42.3 Å². The van der Waals surface area contributed by atoms with E-state index in [1.165, 1.54) is 0 Å². The van der Waals surface area contributed by atoms with Gasteiger partial charge in [0.15, 0.2) is 14.1 Å². The Balaban J connectivity index is 1.21. The van der Waals surface area contributed by atoms with Crippen LogP contribution in [0.4, 0.5) is 0 Å². The number of Topliss-reactive ketones (excluding diaryl/α,β-unsaturated/α-hetero) is 1. The molecule has 3 saturated heterocycles. The third-order valence-corrected chi connectivity index (χ3v) is 18.5. The lowest BCUT2D eigenvalue weighted by Gasteiger charge is -2.48. The fourth-order valence-electron chi connectivity index (χ4n) is 9.12. The Morgan fingerprint density at radius 1 is 0.848 bits per heavy atom. The predicted octanol–water partition coefficient (Wildman–Crippen LogP) is 11.0. The topological polar surface area (TPSA) is 120 Å². The molecule has 11 nitrogen and oxygen atoms in total. The summed E-state index contributed by atoms with van der Waals surface area (Å²) >= 11 is 0. The van der Waals surface area contributed by atoms with Crippen molar-refractivity contribution in [3.63, 3.8) is 0 Å². The zero-order chi connectivity index (χ0) is 48.1. The second-order valence-corrected chi connectivity index (χ2v) is 25.6. The normalized spacial score (nSPS) is 26.1. The summed E-state index contributed by atoms with van der Waals surface area (Å²) in [5.41, 5.74) is 3.53. The van der Waals surface area contributed by atoms with Crippen LogP contribution in [0.1, 0.15) is 117 Å². The summed E-state index contributed by atoms with van der Waals surface area (Å²) in [4.78, 5) is 14.0. The van der Waals surface area contributed by atoms with Gasteiger partial charge in [-0.2, -0.15) is 0 Å². The molecule has 5 rings (SSSR count). The smallest absolute Gasteiger partial charge is 0.237 e. The molecule has 12 heteroatoms. The molecule has 0 aliphatic carbocycles. The molecule has 3 fully saturated rings. The number of hydrogen-bond donors (Lipinski definition) is 1. The summed E-state index contributed by atoms with van der Waals surface area (Å²) in [5, 5.41) is 9.84. The van der Waals surface area contributed by atoms with Gasteiger partial charge < -0.3 is 47.4 Å². The van der Waals surface area contributed by atoms with Gasteiger partial charge in [-0.15, -0.1) is 0 Å². The number of benzene rings is 2. The molecular weight excluding hydrogens is 853 g/mol. The summed E-state index contributed by atoms with van der Waals surface area (Å²) in [7, 11) is 0.979. The van der Waals surface area contributed by atoms with Crippen LogP contribution in [0.15, 0.2) is 91.1 Å². The molecule has 0 aromatic heterocycles. The highest BCUT2D eigenvalue weighted by Crippen LogP contribution is 2.45. The van der Waals surface area contributed by atoms with Crippen molar-refractivity contribution in [1.29, 1.82) is 0 Å². The average molecular weight is 935 g/mol. The zero-order valence-corrected chi connectivity index (χ0v) is 42.8. The molecule has 66 heavy (non-hydrogen) atoms. The van der Waals surface area contributed by atoms with Gasteiger partial charge in [0.05, 0.1) is 69.2 Å². The van der Waals surface area contributed by atoms with Gasteiger partial charge >= 0.3 is 0 Å². The fourth-order valence-corrected chi connectivity index (χ4v) is 10.5. The van der Waals surface area contributed by atoms with Gasteiger partial charge in [-0.3, -0.25) is 4.79 Å². The maximum absolute atomic E-state index is 14.0. The maximum atomic E-state index is 14.0. The summed E-state index contributed by atoms with van der Waals surface area (Å²) in [6, 6.07) is 17.9. The van der Waals surface area contributed by atoms with E-state index in [0.29, 0.717) is 58.2 Å². The molecule has 1 N–H and O–H groups in total. The molecule has 2 aromatic carbocycles. The quantitative estimate of drug-likeness (QED) is 0.0469. The Kier molecular flexibility index (Phi) is 20.0. The molecule has 0 radical (unpaired) electrons. The molecule has 3 aliphatic heterocycles. The molecule has 0 unspecified atom stereocenters. The van der Waals surface area contributed by atoms with Crippen LogP contribution in [0.2, 0.25) is 18.1 Å². The van der Waals surface area contributed by atoms with E-state index in [2.05, 4.69) is 53.1 Å². The molecule has 3 aliphatic rings. The van der Waals surface area contributed by atoms with Gasteiger partial charge in [0.1, 0.15) is 12.5 Å². The van der Waals surface area contributed by atoms with Gasteiger partial charge in [-0.05, 0) is 86.8 Å². The SMILES string of the molecule is C=C1C[C@H](C[C@@H]2CC(=C)C[C@H](/C=C/C(C)(C)[C@]3(OC)O[C@H](C[C@@H](O[Si](C)(C)C(C)(C)C)[C@@H](C)OCOCc4ccccc4)CCC3=O)O2)O[C@H](C[C@@H](CCO)OCc2ccc(OC)cc2)C1. The number of hydrogen-bond acceptors (Lipinski definition) is 11. The van der Waals surface area contributed by atoms with E-state index in [-0.39, 0.29) is 73.1 Å². The predicted molar refractivity (Wildman–Crippen MR) is 262 cm³/mol. The first kappa shape index (κ1) is 53.9. The van der Waals surface area contributed by atoms with Crippen molar-refractivity contribution in [3.05, 3.63) is 102 Å². The van der Waals surface area contributed by atoms with Crippen LogP contribution in [0.25, 0.3) is 0 Å². The van der Waals surface area contributed by atoms with Crippen molar-refractivity contribution in [3.8, 4) is 5.75 Å². The van der Waals surface area contributed by atoms with E-state index in [9.17, 15) is 9.90 Å². The van der Waals surface area contributed by atoms with Crippen LogP contribution in [0.5, 0.6) is 5.75 Å². The first-order valence-corrected chi connectivity index (χ1v) is 27.0. The van der Waals surface area contributed by atoms with Gasteiger partial charge in [0.25, 0.3) is 0 Å². The molecule has 2 aromatic rings. The minimum atomic E-state index is -2.24. The molecule has 0 bridgehead atoms. The van der Waals surface area contributed by atoms with Crippen molar-refractivity contribution in [1.82, 2.24) is 0 Å². The second-order valence-electron chi connectivity index (χ2n) is 20.8. The Hall–Kier alpha value is -3.01. The summed E-state index contributed by atoms with van der Waals surface area (Å²) in [6.45, 7) is 27.1. The van der Waals surface area contributed by atoms with Crippen molar-refractivity contribution in [2.24, 2.45) is 5.41 Å². The lowest BCUT2D eigenvalue weighted by atomic mass is 9.76. The van der Waals surface area contributed by atoms with Gasteiger partial charge in [0, 0.05) is 44.8 Å². The number of ether oxygens (including phenoxy) is 8. The molecule has 0 saturated carbocycles. The van der Waals surface area contributed by atoms with E-state index in [1.54, 1.807) is 14.2 Å². The number of carbonyl (C=O) groups excluding carboxylic acids is 1. The third-order valence-electron chi connectivity index (χ3n) is 14.0. The maximum Gasteiger partial charge on any atom is 0.237 e. The number of ketones is 1. The first-order chi connectivity index (χ1) is 31.3. The molecular formula is C54H82O11Si. The molecule has 0 amide bonds. The number of aliphatic hydroxyl groups is 1. The highest BCUT2D eigenvalue weighted by molar-refractivity contribution is 6.74. The van der Waals surface area contributed by atoms with Crippen LogP contribution < -0.4 is 4.74 Å². The minimum Gasteiger partial charge on any atom is -0.497 e. The fraction of sp³-hybridized carbons (Fsp3) is 0.648. The minimum absolute atomic E-state index is 0.0218. The number of carbonyl (C=O) groups is 1. The van der Waals surface area contributed by atoms with Crippen LogP contribution >= 0.6 is 0 Å². The monoisotopic (exact) mass is 935 g/mol. The van der Waals surface area contributed by atoms with E-state index >= 15 is 0 Å². The van der Waals surface area contributed by atoms with Crippen molar-refractivity contribution in [2.45, 2.75) is 192 Å². The van der Waals surface area contributed by atoms with Crippen molar-refractivity contribution < 1.29 is 52.2 Å². The lowest BCUT2D eigenvalue weighted by Crippen LogP contribution is -2.59. The first-order valence-electron chi connectivity index (χ1n) is 24.1. The summed E-state index contributed by atoms with van der Waals surface area (Å²) < 4.78 is 57.3. The molecule has 368 valence electrons. The summed E-state index contributed by atoms with van der Waals surface area (Å²) in [5.74, 6) is -0.799. The molecule has 9 atom stereocenters. The molecule has 0 spiro atoms. The Morgan fingerprint density at radius 2 is 1.50 bits per heavy atom. The van der Waals surface area contributed by atoms with E-state index in [1.807, 2.05) is 81.4 Å². The van der Waals surface area contributed by atoms with E-state index in [0.717, 1.165) is 47.3 Å². The van der Waals surface area contributed by atoms with Gasteiger partial charge in [0.2, 0.25) is 5.79 Å². The van der Waals surface area contributed by atoms with Crippen molar-refractivity contribution in [2.75, 3.05) is 27.6 Å². The number of methoxy groups -OCH3 is 2. The van der Waals surface area contributed by atoms with Crippen LogP contribution in [-0.2, 0) is 55.6 Å². The zero-order valence-electron chi connectivity index (χ0n) is 41.8. The average Bonchev–Trinajstić information content (AvgIpc) is 3.26. The van der Waals surface area contributed by atoms with E-state index < -0.39 is 19.5 Å². The second kappa shape index (κ2) is 24.5. The standard InChI is InChI=1S/C54H82O11Si/c1-38-28-45(62-48(29-38)33-49-31-39(2)30-47(63-49)32-44(25-27-55)60-36-42-18-20-43(57-9)21-19-42)24-26-53(7,8)54(58-10)51(56)23-22-46(64-54)34-50(65-66(11,12)52(4,5)6)40(3)61-37-59-35-41-16-14-13-15-17-41/h13-21,24,26,40,44-50,55H,1-2,22-23,25,27-37H2,3-12H3/b26-24+/t40-,44-,45+,46+,47+,48+,49-,50-,54-/m1/s1.